The lowest BCUT2D eigenvalue weighted by Crippen LogP contribution is -2.55. The van der Waals surface area contributed by atoms with Crippen molar-refractivity contribution in [2.75, 3.05) is 24.5 Å². The quantitative estimate of drug-likeness (QED) is 0.305. The van der Waals surface area contributed by atoms with Crippen molar-refractivity contribution in [1.29, 1.82) is 0 Å². The van der Waals surface area contributed by atoms with E-state index in [0.717, 1.165) is 24.3 Å². The summed E-state index contributed by atoms with van der Waals surface area (Å²) in [6.07, 6.45) is -23.5. The van der Waals surface area contributed by atoms with Crippen LogP contribution in [0, 0.1) is 0 Å². The van der Waals surface area contributed by atoms with Crippen molar-refractivity contribution in [3.05, 3.63) is 64.1 Å². The number of piperazine rings is 1. The number of hydrogen-bond acceptors (Lipinski definition) is 5. The number of rotatable bonds is 4. The molecule has 0 saturated carbocycles. The number of ether oxygens (including phenoxy) is 1. The molecule has 2 aromatic rings. The Labute approximate surface area is 275 Å². The molecule has 48 heavy (non-hydrogen) atoms. The van der Waals surface area contributed by atoms with Gasteiger partial charge in [-0.05, 0) is 51.5 Å². The zero-order chi connectivity index (χ0) is 37.3. The number of halogens is 13. The Morgan fingerprint density at radius 3 is 1.44 bits per heavy atom. The third-order valence-corrected chi connectivity index (χ3v) is 7.65. The van der Waals surface area contributed by atoms with Crippen LogP contribution in [-0.2, 0) is 15.9 Å². The Balaban J connectivity index is 0.000000397. The van der Waals surface area contributed by atoms with E-state index in [0.29, 0.717) is 53.9 Å². The van der Waals surface area contributed by atoms with Gasteiger partial charge in [-0.15, -0.1) is 0 Å². The van der Waals surface area contributed by atoms with Crippen LogP contribution in [0.15, 0.2) is 53.0 Å². The highest BCUT2D eigenvalue weighted by Gasteiger charge is 2.72. The summed E-state index contributed by atoms with van der Waals surface area (Å²) in [7, 11) is 0. The van der Waals surface area contributed by atoms with Gasteiger partial charge >= 0.3 is 30.8 Å². The summed E-state index contributed by atoms with van der Waals surface area (Å²) in [4.78, 5) is 15.6. The van der Waals surface area contributed by atoms with Gasteiger partial charge < -0.3 is 24.7 Å². The number of hydrogen-bond donors (Lipinski definition) is 2. The van der Waals surface area contributed by atoms with Gasteiger partial charge in [0, 0.05) is 47.0 Å². The van der Waals surface area contributed by atoms with E-state index < -0.39 is 58.7 Å². The van der Waals surface area contributed by atoms with E-state index in [1.165, 1.54) is 4.90 Å². The molecule has 0 spiro atoms. The van der Waals surface area contributed by atoms with Crippen LogP contribution in [0.2, 0.25) is 0 Å². The van der Waals surface area contributed by atoms with Gasteiger partial charge in [0.2, 0.25) is 0 Å². The number of anilines is 1. The summed E-state index contributed by atoms with van der Waals surface area (Å²) < 4.78 is 158. The summed E-state index contributed by atoms with van der Waals surface area (Å²) in [5.41, 5.74) is -12.7. The fourth-order valence-electron chi connectivity index (χ4n) is 4.60. The lowest BCUT2D eigenvalue weighted by atomic mass is 9.92. The topological polar surface area (TPSA) is 73.2 Å². The second kappa shape index (κ2) is 14.1. The molecule has 1 aliphatic heterocycles. The Morgan fingerprint density at radius 2 is 1.10 bits per heavy atom. The SMILES string of the molecule is CC[C@H]1CN(C(=O)OC(C)(C)C)CCN1c1ccc(C(O)(C(F)(F)F)C(F)(F)F)cc1.OC(c1ccc(Br)cc1)(C(F)(F)F)C(F)(F)F. The molecule has 0 aromatic heterocycles. The first-order valence-electron chi connectivity index (χ1n) is 13.8. The maximum atomic E-state index is 13.1. The summed E-state index contributed by atoms with van der Waals surface area (Å²) >= 11 is 2.87. The number of nitrogens with zero attached hydrogens (tertiary/aromatic N) is 2. The summed E-state index contributed by atoms with van der Waals surface area (Å²) in [6.45, 7) is 7.97. The number of carbonyl (C=O) groups excluding carboxylic acids is 1. The maximum absolute atomic E-state index is 13.1. The minimum Gasteiger partial charge on any atom is -0.444 e. The molecule has 19 heteroatoms. The van der Waals surface area contributed by atoms with Gasteiger partial charge in [0.05, 0.1) is 0 Å². The molecule has 1 saturated heterocycles. The number of alkyl halides is 12. The third kappa shape index (κ3) is 8.80. The fourth-order valence-corrected chi connectivity index (χ4v) is 4.86. The third-order valence-electron chi connectivity index (χ3n) is 7.13. The van der Waals surface area contributed by atoms with Crippen molar-refractivity contribution in [1.82, 2.24) is 4.90 Å². The van der Waals surface area contributed by atoms with Crippen LogP contribution in [-0.4, -0.2) is 77.2 Å². The van der Waals surface area contributed by atoms with Gasteiger partial charge in [-0.1, -0.05) is 47.1 Å². The number of carbonyl (C=O) groups is 1. The molecular weight excluding hydrogens is 748 g/mol. The van der Waals surface area contributed by atoms with Gasteiger partial charge in [-0.2, -0.15) is 52.7 Å². The second-order valence-corrected chi connectivity index (χ2v) is 12.6. The lowest BCUT2D eigenvalue weighted by Gasteiger charge is -2.43. The van der Waals surface area contributed by atoms with E-state index in [-0.39, 0.29) is 12.6 Å². The maximum Gasteiger partial charge on any atom is 0.430 e. The first-order valence-corrected chi connectivity index (χ1v) is 14.6. The van der Waals surface area contributed by atoms with Crippen LogP contribution in [0.25, 0.3) is 0 Å². The molecule has 1 aliphatic rings. The van der Waals surface area contributed by atoms with E-state index in [2.05, 4.69) is 15.9 Å². The van der Waals surface area contributed by atoms with E-state index in [1.54, 1.807) is 20.8 Å². The highest BCUT2D eigenvalue weighted by Crippen LogP contribution is 2.51. The van der Waals surface area contributed by atoms with Gasteiger partial charge in [-0.25, -0.2) is 4.79 Å². The van der Waals surface area contributed by atoms with E-state index >= 15 is 0 Å². The number of amides is 1. The van der Waals surface area contributed by atoms with Crippen molar-refractivity contribution < 1.29 is 72.4 Å². The first-order chi connectivity index (χ1) is 21.5. The standard InChI is InChI=1S/C20H26F6N2O3.C9H5BrF6O/c1-5-14-12-27(16(29)31-17(2,3)4)10-11-28(14)15-8-6-13(7-9-15)18(30,19(21,22)23)20(24,25)26;10-6-3-1-5(2-4-6)7(17,8(11,12)13)9(14,15)16/h6-9,14,30H,5,10-12H2,1-4H3;1-4,17H/t14-;/m0./s1. The van der Waals surface area contributed by atoms with Crippen LogP contribution in [0.5, 0.6) is 0 Å². The molecule has 1 atom stereocenters. The molecule has 1 fully saturated rings. The average molecular weight is 779 g/mol. The Hall–Kier alpha value is -2.93. The van der Waals surface area contributed by atoms with Gasteiger partial charge in [0.25, 0.3) is 11.2 Å². The zero-order valence-corrected chi connectivity index (χ0v) is 27.1. The monoisotopic (exact) mass is 778 g/mol. The normalized spacial score (nSPS) is 17.1. The van der Waals surface area contributed by atoms with Gasteiger partial charge in [-0.3, -0.25) is 0 Å². The summed E-state index contributed by atoms with van der Waals surface area (Å²) in [5.74, 6) is 0. The van der Waals surface area contributed by atoms with Crippen molar-refractivity contribution in [2.45, 2.75) is 81.7 Å². The molecule has 0 unspecified atom stereocenters. The highest BCUT2D eigenvalue weighted by molar-refractivity contribution is 9.10. The van der Waals surface area contributed by atoms with Gasteiger partial charge in [0.1, 0.15) is 5.60 Å². The molecule has 0 aliphatic carbocycles. The van der Waals surface area contributed by atoms with Crippen LogP contribution in [0.3, 0.4) is 0 Å². The largest absolute Gasteiger partial charge is 0.444 e. The highest BCUT2D eigenvalue weighted by atomic mass is 79.9. The predicted octanol–water partition coefficient (Wildman–Crippen LogP) is 8.60. The Morgan fingerprint density at radius 1 is 0.729 bits per heavy atom. The summed E-state index contributed by atoms with van der Waals surface area (Å²) in [6, 6.07) is 6.36. The van der Waals surface area contributed by atoms with Crippen molar-refractivity contribution in [3.8, 4) is 0 Å². The van der Waals surface area contributed by atoms with Crippen molar-refractivity contribution in [3.63, 3.8) is 0 Å². The van der Waals surface area contributed by atoms with E-state index in [1.807, 2.05) is 11.8 Å². The zero-order valence-electron chi connectivity index (χ0n) is 25.5. The smallest absolute Gasteiger partial charge is 0.430 e. The fraction of sp³-hybridized carbons (Fsp3) is 0.552. The molecule has 6 nitrogen and oxygen atoms in total. The van der Waals surface area contributed by atoms with Crippen molar-refractivity contribution in [2.24, 2.45) is 0 Å². The minimum absolute atomic E-state index is 0.212. The molecule has 1 amide bonds. The van der Waals surface area contributed by atoms with Gasteiger partial charge in [0.15, 0.2) is 0 Å². The average Bonchev–Trinajstić information content (AvgIpc) is 2.93. The molecule has 272 valence electrons. The van der Waals surface area contributed by atoms with E-state index in [4.69, 9.17) is 9.84 Å². The molecule has 3 rings (SSSR count). The number of aliphatic hydroxyl groups is 2. The Bertz CT molecular complexity index is 1340. The van der Waals surface area contributed by atoms with Crippen LogP contribution < -0.4 is 4.90 Å². The lowest BCUT2D eigenvalue weighted by molar-refractivity contribution is -0.376. The number of benzene rings is 2. The molecule has 0 radical (unpaired) electrons. The molecule has 2 N–H and O–H groups in total. The van der Waals surface area contributed by atoms with E-state index in [9.17, 15) is 62.6 Å². The van der Waals surface area contributed by atoms with Crippen LogP contribution >= 0.6 is 15.9 Å². The molecular formula is C29H31BrF12N2O4. The van der Waals surface area contributed by atoms with Crippen LogP contribution in [0.4, 0.5) is 63.2 Å². The molecule has 2 aromatic carbocycles. The second-order valence-electron chi connectivity index (χ2n) is 11.6. The molecule has 0 bridgehead atoms. The minimum atomic E-state index is -5.93. The molecule has 1 heterocycles. The predicted molar refractivity (Wildman–Crippen MR) is 152 cm³/mol. The Kier molecular flexibility index (Phi) is 12.1. The first kappa shape index (κ1) is 41.2. The van der Waals surface area contributed by atoms with Crippen molar-refractivity contribution >= 4 is 27.7 Å². The van der Waals surface area contributed by atoms with Crippen LogP contribution in [0.1, 0.15) is 45.2 Å². The summed E-state index contributed by atoms with van der Waals surface area (Å²) in [5, 5.41) is 18.5.